The van der Waals surface area contributed by atoms with Crippen LogP contribution in [0.1, 0.15) is 18.4 Å². The highest BCUT2D eigenvalue weighted by Gasteiger charge is 2.20. The lowest BCUT2D eigenvalue weighted by Gasteiger charge is -2.12. The SMILES string of the molecule is C[C@@H](C(=O)O)c1ccccc1[S@@](=O)c1ccccc1. The topological polar surface area (TPSA) is 54.4 Å². The average molecular weight is 274 g/mol. The zero-order valence-corrected chi connectivity index (χ0v) is 11.3. The molecule has 0 aliphatic rings. The Morgan fingerprint density at radius 1 is 1.05 bits per heavy atom. The van der Waals surface area contributed by atoms with E-state index in [9.17, 15) is 9.00 Å². The van der Waals surface area contributed by atoms with E-state index in [1.807, 2.05) is 18.2 Å². The maximum Gasteiger partial charge on any atom is 0.310 e. The van der Waals surface area contributed by atoms with Gasteiger partial charge in [-0.15, -0.1) is 0 Å². The molecule has 0 amide bonds. The fourth-order valence-corrected chi connectivity index (χ4v) is 3.13. The molecular formula is C15H14O3S. The maximum absolute atomic E-state index is 12.5. The highest BCUT2D eigenvalue weighted by molar-refractivity contribution is 7.85. The highest BCUT2D eigenvalue weighted by Crippen LogP contribution is 2.26. The molecule has 0 aliphatic heterocycles. The van der Waals surface area contributed by atoms with Gasteiger partial charge < -0.3 is 5.11 Å². The standard InChI is InChI=1S/C15H14O3S/c1-11(15(16)17)13-9-5-6-10-14(13)19(18)12-7-3-2-4-8-12/h2-11H,1H3,(H,16,17)/t11-,19+/m1/s1. The molecule has 0 radical (unpaired) electrons. The molecule has 19 heavy (non-hydrogen) atoms. The summed E-state index contributed by atoms with van der Waals surface area (Å²) in [5, 5.41) is 9.11. The van der Waals surface area contributed by atoms with Gasteiger partial charge in [-0.05, 0) is 30.7 Å². The van der Waals surface area contributed by atoms with Crippen LogP contribution in [0.25, 0.3) is 0 Å². The number of carboxylic acid groups (broad SMARTS) is 1. The number of hydrogen-bond donors (Lipinski definition) is 1. The normalized spacial score (nSPS) is 13.7. The van der Waals surface area contributed by atoms with Crippen molar-refractivity contribution in [1.29, 1.82) is 0 Å². The Morgan fingerprint density at radius 2 is 1.63 bits per heavy atom. The molecule has 0 heterocycles. The van der Waals surface area contributed by atoms with Gasteiger partial charge in [0, 0.05) is 9.79 Å². The first-order chi connectivity index (χ1) is 9.11. The molecule has 2 aromatic rings. The van der Waals surface area contributed by atoms with Crippen molar-refractivity contribution in [2.45, 2.75) is 22.6 Å². The summed E-state index contributed by atoms with van der Waals surface area (Å²) in [5.41, 5.74) is 0.595. The van der Waals surface area contributed by atoms with E-state index in [4.69, 9.17) is 5.11 Å². The molecule has 2 aromatic carbocycles. The number of benzene rings is 2. The van der Waals surface area contributed by atoms with Crippen molar-refractivity contribution in [1.82, 2.24) is 0 Å². The second-order valence-electron chi connectivity index (χ2n) is 4.18. The second-order valence-corrected chi connectivity index (χ2v) is 5.63. The van der Waals surface area contributed by atoms with Crippen LogP contribution in [0.4, 0.5) is 0 Å². The summed E-state index contributed by atoms with van der Waals surface area (Å²) in [5.74, 6) is -1.60. The van der Waals surface area contributed by atoms with Gasteiger partial charge >= 0.3 is 5.97 Å². The number of carboxylic acids is 1. The summed E-state index contributed by atoms with van der Waals surface area (Å²) >= 11 is 0. The van der Waals surface area contributed by atoms with Crippen LogP contribution >= 0.6 is 0 Å². The Morgan fingerprint density at radius 3 is 2.26 bits per heavy atom. The molecular weight excluding hydrogens is 260 g/mol. The highest BCUT2D eigenvalue weighted by atomic mass is 32.2. The third-order valence-corrected chi connectivity index (χ3v) is 4.38. The summed E-state index contributed by atoms with van der Waals surface area (Å²) in [6.07, 6.45) is 0. The number of carbonyl (C=O) groups is 1. The van der Waals surface area contributed by atoms with Gasteiger partial charge in [0.1, 0.15) is 0 Å². The second kappa shape index (κ2) is 5.80. The minimum Gasteiger partial charge on any atom is -0.481 e. The largest absolute Gasteiger partial charge is 0.481 e. The van der Waals surface area contributed by atoms with Crippen molar-refractivity contribution >= 4 is 16.8 Å². The van der Waals surface area contributed by atoms with Gasteiger partial charge in [-0.1, -0.05) is 36.4 Å². The fourth-order valence-electron chi connectivity index (χ4n) is 1.81. The van der Waals surface area contributed by atoms with Crippen molar-refractivity contribution < 1.29 is 14.1 Å². The van der Waals surface area contributed by atoms with Gasteiger partial charge in [0.15, 0.2) is 0 Å². The first kappa shape index (κ1) is 13.5. The molecule has 0 fully saturated rings. The third-order valence-electron chi connectivity index (χ3n) is 2.91. The Hall–Kier alpha value is -1.94. The minimum atomic E-state index is -1.36. The Kier molecular flexibility index (Phi) is 4.12. The zero-order valence-electron chi connectivity index (χ0n) is 10.4. The van der Waals surface area contributed by atoms with E-state index in [1.54, 1.807) is 43.3 Å². The molecule has 2 atom stereocenters. The van der Waals surface area contributed by atoms with E-state index in [1.165, 1.54) is 0 Å². The summed E-state index contributed by atoms with van der Waals surface area (Å²) in [7, 11) is -1.36. The van der Waals surface area contributed by atoms with Crippen molar-refractivity contribution in [3.63, 3.8) is 0 Å². The molecule has 0 aromatic heterocycles. The fraction of sp³-hybridized carbons (Fsp3) is 0.133. The summed E-state index contributed by atoms with van der Waals surface area (Å²) in [6.45, 7) is 1.60. The van der Waals surface area contributed by atoms with Crippen molar-refractivity contribution in [3.05, 3.63) is 60.2 Å². The van der Waals surface area contributed by atoms with Crippen LogP contribution in [0.5, 0.6) is 0 Å². The first-order valence-corrected chi connectivity index (χ1v) is 7.05. The molecule has 0 bridgehead atoms. The quantitative estimate of drug-likeness (QED) is 0.932. The number of rotatable bonds is 4. The molecule has 3 nitrogen and oxygen atoms in total. The monoisotopic (exact) mass is 274 g/mol. The van der Waals surface area contributed by atoms with Crippen LogP contribution in [-0.2, 0) is 15.6 Å². The lowest BCUT2D eigenvalue weighted by molar-refractivity contribution is -0.138. The number of hydrogen-bond acceptors (Lipinski definition) is 2. The maximum atomic E-state index is 12.5. The van der Waals surface area contributed by atoms with Gasteiger partial charge in [-0.2, -0.15) is 0 Å². The van der Waals surface area contributed by atoms with Crippen molar-refractivity contribution in [2.24, 2.45) is 0 Å². The van der Waals surface area contributed by atoms with Crippen LogP contribution < -0.4 is 0 Å². The van der Waals surface area contributed by atoms with Crippen LogP contribution in [0.15, 0.2) is 64.4 Å². The molecule has 0 saturated heterocycles. The summed E-state index contributed by atoms with van der Waals surface area (Å²) in [6, 6.07) is 16.0. The van der Waals surface area contributed by atoms with Crippen LogP contribution in [0.2, 0.25) is 0 Å². The van der Waals surface area contributed by atoms with E-state index in [0.717, 1.165) is 0 Å². The van der Waals surface area contributed by atoms with Crippen molar-refractivity contribution in [2.75, 3.05) is 0 Å². The van der Waals surface area contributed by atoms with E-state index < -0.39 is 22.7 Å². The predicted octanol–water partition coefficient (Wildman–Crippen LogP) is 3.04. The van der Waals surface area contributed by atoms with Crippen LogP contribution in [-0.4, -0.2) is 15.3 Å². The van der Waals surface area contributed by atoms with E-state index >= 15 is 0 Å². The zero-order chi connectivity index (χ0) is 13.8. The molecule has 0 aliphatic carbocycles. The van der Waals surface area contributed by atoms with Crippen LogP contribution in [0.3, 0.4) is 0 Å². The molecule has 1 N–H and O–H groups in total. The Bertz CT molecular complexity index is 608. The van der Waals surface area contributed by atoms with Gasteiger partial charge in [-0.25, -0.2) is 4.21 Å². The van der Waals surface area contributed by atoms with E-state index in [0.29, 0.717) is 15.4 Å². The van der Waals surface area contributed by atoms with E-state index in [-0.39, 0.29) is 0 Å². The minimum absolute atomic E-state index is 0.559. The lowest BCUT2D eigenvalue weighted by Crippen LogP contribution is -2.10. The van der Waals surface area contributed by atoms with Crippen LogP contribution in [0, 0.1) is 0 Å². The van der Waals surface area contributed by atoms with Crippen molar-refractivity contribution in [3.8, 4) is 0 Å². The molecule has 2 rings (SSSR count). The molecule has 0 unspecified atom stereocenters. The average Bonchev–Trinajstić information content (AvgIpc) is 2.46. The Labute approximate surface area is 114 Å². The molecule has 98 valence electrons. The predicted molar refractivity (Wildman–Crippen MR) is 73.6 cm³/mol. The summed E-state index contributed by atoms with van der Waals surface area (Å²) in [4.78, 5) is 12.3. The first-order valence-electron chi connectivity index (χ1n) is 5.90. The van der Waals surface area contributed by atoms with Gasteiger partial charge in [0.05, 0.1) is 16.7 Å². The summed E-state index contributed by atoms with van der Waals surface area (Å²) < 4.78 is 12.5. The lowest BCUT2D eigenvalue weighted by atomic mass is 10.0. The van der Waals surface area contributed by atoms with Gasteiger partial charge in [0.25, 0.3) is 0 Å². The van der Waals surface area contributed by atoms with Gasteiger partial charge in [0.2, 0.25) is 0 Å². The smallest absolute Gasteiger partial charge is 0.310 e. The Balaban J connectivity index is 2.46. The third kappa shape index (κ3) is 2.90. The molecule has 4 heteroatoms. The molecule has 0 spiro atoms. The number of aliphatic carboxylic acids is 1. The van der Waals surface area contributed by atoms with Gasteiger partial charge in [-0.3, -0.25) is 4.79 Å². The van der Waals surface area contributed by atoms with E-state index in [2.05, 4.69) is 0 Å². The molecule has 0 saturated carbocycles.